The van der Waals surface area contributed by atoms with Gasteiger partial charge >= 0.3 is 0 Å². The Morgan fingerprint density at radius 1 is 0.484 bits per heavy atom. The molecule has 31 heavy (non-hydrogen) atoms. The molecule has 0 atom stereocenters. The topological polar surface area (TPSA) is 42.6 Å². The smallest absolute Gasteiger partial charge is 0.0366 e. The molecule has 2 aromatic rings. The van der Waals surface area contributed by atoms with Gasteiger partial charge in [-0.3, -0.25) is 0 Å². The first-order chi connectivity index (χ1) is 15.4. The van der Waals surface area contributed by atoms with Gasteiger partial charge in [-0.1, -0.05) is 24.3 Å². The molecule has 2 aromatic carbocycles. The minimum absolute atomic E-state index is 0.938. The van der Waals surface area contributed by atoms with Crippen LogP contribution in [-0.4, -0.2) is 52.4 Å². The van der Waals surface area contributed by atoms with Crippen molar-refractivity contribution >= 4 is 11.4 Å². The molecule has 168 valence electrons. The van der Waals surface area contributed by atoms with Crippen LogP contribution in [0.15, 0.2) is 48.5 Å². The van der Waals surface area contributed by atoms with E-state index < -0.39 is 0 Å². The standard InChI is InChI=1S/C26H39N5/c1-2-18-30(17-1)25-9-5-23(6-10-25)21-28-15-13-27-14-16-29-22-24-7-11-26(12-8-24)31-19-3-4-20-31/h5-12,27-29H,1-4,13-22H2. The molecule has 2 heterocycles. The summed E-state index contributed by atoms with van der Waals surface area (Å²) in [6.45, 7) is 10.7. The summed E-state index contributed by atoms with van der Waals surface area (Å²) in [6, 6.07) is 18.1. The van der Waals surface area contributed by atoms with Crippen molar-refractivity contribution in [2.75, 3.05) is 62.2 Å². The number of nitrogens with one attached hydrogen (secondary N) is 3. The summed E-state index contributed by atoms with van der Waals surface area (Å²) in [5, 5.41) is 10.6. The predicted molar refractivity (Wildman–Crippen MR) is 132 cm³/mol. The molecule has 0 aromatic heterocycles. The van der Waals surface area contributed by atoms with Crippen LogP contribution in [0.4, 0.5) is 11.4 Å². The van der Waals surface area contributed by atoms with E-state index in [2.05, 4.69) is 74.3 Å². The zero-order valence-electron chi connectivity index (χ0n) is 18.9. The van der Waals surface area contributed by atoms with Crippen molar-refractivity contribution in [2.45, 2.75) is 38.8 Å². The molecule has 4 rings (SSSR count). The molecule has 0 bridgehead atoms. The molecule has 5 heteroatoms. The highest BCUT2D eigenvalue weighted by molar-refractivity contribution is 5.49. The summed E-state index contributed by atoms with van der Waals surface area (Å²) in [5.74, 6) is 0. The van der Waals surface area contributed by atoms with Gasteiger partial charge in [0, 0.05) is 76.8 Å². The summed E-state index contributed by atoms with van der Waals surface area (Å²) in [7, 11) is 0. The quantitative estimate of drug-likeness (QED) is 0.459. The average Bonchev–Trinajstić information content (AvgIpc) is 3.53. The van der Waals surface area contributed by atoms with Crippen molar-refractivity contribution in [3.63, 3.8) is 0 Å². The van der Waals surface area contributed by atoms with Gasteiger partial charge in [-0.05, 0) is 61.1 Å². The van der Waals surface area contributed by atoms with Gasteiger partial charge in [-0.15, -0.1) is 0 Å². The minimum Gasteiger partial charge on any atom is -0.372 e. The van der Waals surface area contributed by atoms with Gasteiger partial charge in [0.05, 0.1) is 0 Å². The molecule has 3 N–H and O–H groups in total. The molecule has 0 spiro atoms. The SMILES string of the molecule is c1cc(N2CCCC2)ccc1CNCCNCCNCc1ccc(N2CCCC2)cc1. The summed E-state index contributed by atoms with van der Waals surface area (Å²) in [5.41, 5.74) is 5.47. The minimum atomic E-state index is 0.938. The normalized spacial score (nSPS) is 16.4. The van der Waals surface area contributed by atoms with Crippen LogP contribution >= 0.6 is 0 Å². The van der Waals surface area contributed by atoms with Gasteiger partial charge < -0.3 is 25.8 Å². The summed E-state index contributed by atoms with van der Waals surface area (Å²) in [4.78, 5) is 4.97. The number of hydrogen-bond acceptors (Lipinski definition) is 5. The molecule has 0 saturated carbocycles. The lowest BCUT2D eigenvalue weighted by Crippen LogP contribution is -2.32. The van der Waals surface area contributed by atoms with Crippen molar-refractivity contribution in [1.82, 2.24) is 16.0 Å². The maximum Gasteiger partial charge on any atom is 0.0366 e. The van der Waals surface area contributed by atoms with Crippen LogP contribution in [0.3, 0.4) is 0 Å². The van der Waals surface area contributed by atoms with E-state index in [1.54, 1.807) is 0 Å². The average molecular weight is 422 g/mol. The maximum atomic E-state index is 3.54. The first-order valence-electron chi connectivity index (χ1n) is 12.2. The van der Waals surface area contributed by atoms with Crippen molar-refractivity contribution in [3.05, 3.63) is 59.7 Å². The molecular weight excluding hydrogens is 382 g/mol. The second kappa shape index (κ2) is 12.1. The highest BCUT2D eigenvalue weighted by atomic mass is 15.1. The van der Waals surface area contributed by atoms with E-state index in [0.29, 0.717) is 0 Å². The predicted octanol–water partition coefficient (Wildman–Crippen LogP) is 3.36. The van der Waals surface area contributed by atoms with Crippen molar-refractivity contribution < 1.29 is 0 Å². The molecule has 0 amide bonds. The van der Waals surface area contributed by atoms with Crippen LogP contribution in [0.1, 0.15) is 36.8 Å². The fraction of sp³-hybridized carbons (Fsp3) is 0.538. The third-order valence-electron chi connectivity index (χ3n) is 6.43. The van der Waals surface area contributed by atoms with E-state index in [0.717, 1.165) is 39.3 Å². The lowest BCUT2D eigenvalue weighted by Gasteiger charge is -2.18. The first-order valence-corrected chi connectivity index (χ1v) is 12.2. The van der Waals surface area contributed by atoms with Gasteiger partial charge in [0.15, 0.2) is 0 Å². The fourth-order valence-electron chi connectivity index (χ4n) is 4.54. The van der Waals surface area contributed by atoms with E-state index >= 15 is 0 Å². The van der Waals surface area contributed by atoms with Gasteiger partial charge in [-0.2, -0.15) is 0 Å². The van der Waals surface area contributed by atoms with Crippen molar-refractivity contribution in [3.8, 4) is 0 Å². The molecular formula is C26H39N5. The van der Waals surface area contributed by atoms with Gasteiger partial charge in [-0.25, -0.2) is 0 Å². The fourth-order valence-corrected chi connectivity index (χ4v) is 4.54. The number of benzene rings is 2. The Kier molecular flexibility index (Phi) is 8.62. The highest BCUT2D eigenvalue weighted by Gasteiger charge is 2.12. The van der Waals surface area contributed by atoms with E-state index in [4.69, 9.17) is 0 Å². The third kappa shape index (κ3) is 6.96. The van der Waals surface area contributed by atoms with E-state index in [-0.39, 0.29) is 0 Å². The van der Waals surface area contributed by atoms with Crippen LogP contribution in [0, 0.1) is 0 Å². The Morgan fingerprint density at radius 3 is 1.23 bits per heavy atom. The van der Waals surface area contributed by atoms with Crippen LogP contribution in [0.5, 0.6) is 0 Å². The molecule has 0 aliphatic carbocycles. The highest BCUT2D eigenvalue weighted by Crippen LogP contribution is 2.21. The third-order valence-corrected chi connectivity index (χ3v) is 6.43. The number of nitrogens with zero attached hydrogens (tertiary/aromatic N) is 2. The molecule has 2 aliphatic rings. The largest absolute Gasteiger partial charge is 0.372 e. The maximum absolute atomic E-state index is 3.54. The van der Waals surface area contributed by atoms with Crippen molar-refractivity contribution in [1.29, 1.82) is 0 Å². The Balaban J connectivity index is 1.01. The second-order valence-electron chi connectivity index (χ2n) is 8.82. The lowest BCUT2D eigenvalue weighted by molar-refractivity contribution is 0.581. The monoisotopic (exact) mass is 421 g/mol. The number of anilines is 2. The van der Waals surface area contributed by atoms with Crippen LogP contribution < -0.4 is 25.8 Å². The summed E-state index contributed by atoms with van der Waals surface area (Å²) in [6.07, 6.45) is 5.32. The Labute approximate surface area is 188 Å². The van der Waals surface area contributed by atoms with E-state index in [1.165, 1.54) is 74.4 Å². The van der Waals surface area contributed by atoms with Gasteiger partial charge in [0.1, 0.15) is 0 Å². The van der Waals surface area contributed by atoms with Crippen molar-refractivity contribution in [2.24, 2.45) is 0 Å². The number of rotatable bonds is 12. The summed E-state index contributed by atoms with van der Waals surface area (Å²) < 4.78 is 0. The first kappa shape index (κ1) is 22.1. The Bertz CT molecular complexity index is 681. The van der Waals surface area contributed by atoms with Gasteiger partial charge in [0.2, 0.25) is 0 Å². The Hall–Kier alpha value is -2.08. The molecule has 2 aliphatic heterocycles. The molecule has 5 nitrogen and oxygen atoms in total. The summed E-state index contributed by atoms with van der Waals surface area (Å²) >= 11 is 0. The molecule has 2 saturated heterocycles. The van der Waals surface area contributed by atoms with Gasteiger partial charge in [0.25, 0.3) is 0 Å². The second-order valence-corrected chi connectivity index (χ2v) is 8.82. The van der Waals surface area contributed by atoms with E-state index in [1.807, 2.05) is 0 Å². The Morgan fingerprint density at radius 2 is 0.839 bits per heavy atom. The number of hydrogen-bond donors (Lipinski definition) is 3. The van der Waals surface area contributed by atoms with E-state index in [9.17, 15) is 0 Å². The lowest BCUT2D eigenvalue weighted by atomic mass is 10.2. The van der Waals surface area contributed by atoms with Crippen LogP contribution in [-0.2, 0) is 13.1 Å². The zero-order chi connectivity index (χ0) is 21.1. The van der Waals surface area contributed by atoms with Crippen LogP contribution in [0.25, 0.3) is 0 Å². The molecule has 0 unspecified atom stereocenters. The zero-order valence-corrected chi connectivity index (χ0v) is 18.9. The molecule has 2 fully saturated rings. The van der Waals surface area contributed by atoms with Crippen LogP contribution in [0.2, 0.25) is 0 Å². The molecule has 0 radical (unpaired) electrons.